The van der Waals surface area contributed by atoms with E-state index >= 15 is 0 Å². The summed E-state index contributed by atoms with van der Waals surface area (Å²) in [4.78, 5) is 36.4. The minimum absolute atomic E-state index is 0.0643. The van der Waals surface area contributed by atoms with Crippen molar-refractivity contribution in [3.05, 3.63) is 60.8 Å². The first kappa shape index (κ1) is 17.3. The zero-order valence-corrected chi connectivity index (χ0v) is 16.4. The van der Waals surface area contributed by atoms with Gasteiger partial charge in [0.2, 0.25) is 11.8 Å². The number of hydrogen-bond donors (Lipinski definition) is 0. The summed E-state index contributed by atoms with van der Waals surface area (Å²) in [7, 11) is 1.63. The van der Waals surface area contributed by atoms with Crippen LogP contribution >= 0.6 is 0 Å². The third kappa shape index (κ3) is 2.36. The first-order valence-corrected chi connectivity index (χ1v) is 10.1. The molecule has 1 saturated heterocycles. The molecule has 6 nitrogen and oxygen atoms in total. The summed E-state index contributed by atoms with van der Waals surface area (Å²) in [5.41, 5.74) is 2.27. The highest BCUT2D eigenvalue weighted by molar-refractivity contribution is 6.22. The number of benzene rings is 2. The van der Waals surface area contributed by atoms with Gasteiger partial charge in [-0.15, -0.1) is 0 Å². The number of amides is 2. The van der Waals surface area contributed by atoms with Gasteiger partial charge in [0.1, 0.15) is 5.75 Å². The summed E-state index contributed by atoms with van der Waals surface area (Å²) in [5, 5.41) is 0.901. The Morgan fingerprint density at radius 1 is 0.967 bits per heavy atom. The van der Waals surface area contributed by atoms with Crippen LogP contribution in [-0.4, -0.2) is 28.9 Å². The molecule has 4 unspecified atom stereocenters. The average molecular weight is 397 g/mol. The lowest BCUT2D eigenvalue weighted by molar-refractivity contribution is -0.123. The van der Waals surface area contributed by atoms with Gasteiger partial charge in [0.05, 0.1) is 30.1 Å². The molecule has 2 heterocycles. The molecule has 0 radical (unpaired) electrons. The third-order valence-corrected chi connectivity index (χ3v) is 6.64. The molecule has 6 rings (SSSR count). The highest BCUT2D eigenvalue weighted by Crippen LogP contribution is 2.53. The Hall–Kier alpha value is -3.54. The Kier molecular flexibility index (Phi) is 3.60. The lowest BCUT2D eigenvalue weighted by Crippen LogP contribution is -2.32. The van der Waals surface area contributed by atoms with Crippen molar-refractivity contribution in [2.75, 3.05) is 12.0 Å². The SMILES string of the molecule is COc1ccc2nc(-c3ccc(N4C(=O)C5C6C=CC(C6)C5C4=O)cc3)ncc2c1. The van der Waals surface area contributed by atoms with E-state index in [0.29, 0.717) is 11.5 Å². The average Bonchev–Trinajstić information content (AvgIpc) is 3.47. The first-order chi connectivity index (χ1) is 14.6. The Bertz CT molecular complexity index is 1200. The van der Waals surface area contributed by atoms with E-state index in [9.17, 15) is 9.59 Å². The van der Waals surface area contributed by atoms with Crippen LogP contribution in [0.5, 0.6) is 5.75 Å². The van der Waals surface area contributed by atoms with E-state index in [4.69, 9.17) is 4.74 Å². The molecule has 2 aliphatic carbocycles. The number of carbonyl (C=O) groups excluding carboxylic acids is 2. The highest BCUT2D eigenvalue weighted by atomic mass is 16.5. The van der Waals surface area contributed by atoms with Gasteiger partial charge in [-0.2, -0.15) is 0 Å². The number of methoxy groups -OCH3 is 1. The minimum atomic E-state index is -0.187. The predicted molar refractivity (Wildman–Crippen MR) is 112 cm³/mol. The van der Waals surface area contributed by atoms with Crippen LogP contribution < -0.4 is 9.64 Å². The smallest absolute Gasteiger partial charge is 0.238 e. The largest absolute Gasteiger partial charge is 0.497 e. The molecule has 3 aliphatic rings. The van der Waals surface area contributed by atoms with E-state index in [-0.39, 0.29) is 35.5 Å². The predicted octanol–water partition coefficient (Wildman–Crippen LogP) is 3.62. The number of carbonyl (C=O) groups is 2. The standard InChI is InChI=1S/C24H19N3O3/c1-30-18-8-9-19-16(11-18)12-25-22(26-19)13-4-6-17(7-5-13)27-23(28)20-14-2-3-15(10-14)21(20)24(27)29/h2-9,11-12,14-15,20-21H,10H2,1H3. The van der Waals surface area contributed by atoms with E-state index in [0.717, 1.165) is 28.6 Å². The van der Waals surface area contributed by atoms with Crippen molar-refractivity contribution < 1.29 is 14.3 Å². The summed E-state index contributed by atoms with van der Waals surface area (Å²) in [6.07, 6.45) is 6.92. The second-order valence-corrected chi connectivity index (χ2v) is 8.18. The van der Waals surface area contributed by atoms with E-state index in [1.165, 1.54) is 4.90 Å². The van der Waals surface area contributed by atoms with Gasteiger partial charge in [0.25, 0.3) is 0 Å². The van der Waals surface area contributed by atoms with E-state index in [1.807, 2.05) is 42.5 Å². The maximum Gasteiger partial charge on any atom is 0.238 e. The van der Waals surface area contributed by atoms with Crippen LogP contribution in [-0.2, 0) is 9.59 Å². The molecule has 2 bridgehead atoms. The molecular weight excluding hydrogens is 378 g/mol. The Morgan fingerprint density at radius 3 is 2.33 bits per heavy atom. The van der Waals surface area contributed by atoms with Crippen molar-refractivity contribution in [3.8, 4) is 17.1 Å². The molecule has 1 aliphatic heterocycles. The normalized spacial score (nSPS) is 26.6. The van der Waals surface area contributed by atoms with Gasteiger partial charge in [-0.25, -0.2) is 9.97 Å². The number of rotatable bonds is 3. The van der Waals surface area contributed by atoms with Crippen molar-refractivity contribution >= 4 is 28.4 Å². The van der Waals surface area contributed by atoms with Gasteiger partial charge in [0.15, 0.2) is 5.82 Å². The fourth-order valence-corrected chi connectivity index (χ4v) is 5.19. The molecule has 148 valence electrons. The van der Waals surface area contributed by atoms with Crippen molar-refractivity contribution in [2.45, 2.75) is 6.42 Å². The second kappa shape index (κ2) is 6.23. The molecule has 3 aromatic rings. The molecule has 30 heavy (non-hydrogen) atoms. The molecule has 1 aromatic heterocycles. The number of imide groups is 1. The number of ether oxygens (including phenoxy) is 1. The number of anilines is 1. The van der Waals surface area contributed by atoms with Crippen LogP contribution in [0.1, 0.15) is 6.42 Å². The Labute approximate surface area is 173 Å². The molecule has 0 N–H and O–H groups in total. The third-order valence-electron chi connectivity index (χ3n) is 6.64. The van der Waals surface area contributed by atoms with Crippen molar-refractivity contribution in [1.82, 2.24) is 9.97 Å². The monoisotopic (exact) mass is 397 g/mol. The summed E-state index contributed by atoms with van der Waals surface area (Å²) < 4.78 is 5.24. The summed E-state index contributed by atoms with van der Waals surface area (Å²) in [6.45, 7) is 0. The zero-order chi connectivity index (χ0) is 20.4. The van der Waals surface area contributed by atoms with Gasteiger partial charge in [0, 0.05) is 17.1 Å². The van der Waals surface area contributed by atoms with Crippen molar-refractivity contribution in [3.63, 3.8) is 0 Å². The molecule has 0 spiro atoms. The lowest BCUT2D eigenvalue weighted by Gasteiger charge is -2.17. The van der Waals surface area contributed by atoms with E-state index in [2.05, 4.69) is 22.1 Å². The number of hydrogen-bond acceptors (Lipinski definition) is 5. The Balaban J connectivity index is 1.30. The fraction of sp³-hybridized carbons (Fsp3) is 0.250. The topological polar surface area (TPSA) is 72.4 Å². The maximum absolute atomic E-state index is 13.0. The van der Waals surface area contributed by atoms with Gasteiger partial charge in [-0.05, 0) is 60.7 Å². The first-order valence-electron chi connectivity index (χ1n) is 10.1. The fourth-order valence-electron chi connectivity index (χ4n) is 5.19. The molecule has 2 amide bonds. The van der Waals surface area contributed by atoms with Gasteiger partial charge in [-0.3, -0.25) is 14.5 Å². The molecular formula is C24H19N3O3. The molecule has 1 saturated carbocycles. The van der Waals surface area contributed by atoms with E-state index < -0.39 is 0 Å². The van der Waals surface area contributed by atoms with Crippen LogP contribution in [0.25, 0.3) is 22.3 Å². The quantitative estimate of drug-likeness (QED) is 0.499. The van der Waals surface area contributed by atoms with Crippen molar-refractivity contribution in [1.29, 1.82) is 0 Å². The Morgan fingerprint density at radius 2 is 1.67 bits per heavy atom. The second-order valence-electron chi connectivity index (χ2n) is 8.18. The maximum atomic E-state index is 13.0. The lowest BCUT2D eigenvalue weighted by atomic mass is 9.85. The van der Waals surface area contributed by atoms with Gasteiger partial charge in [-0.1, -0.05) is 12.2 Å². The highest BCUT2D eigenvalue weighted by Gasteiger charge is 2.59. The van der Waals surface area contributed by atoms with Crippen LogP contribution in [0.4, 0.5) is 5.69 Å². The molecule has 2 fully saturated rings. The molecule has 2 aromatic carbocycles. The number of fused-ring (bicyclic) bond motifs is 6. The molecule has 6 heteroatoms. The number of nitrogens with zero attached hydrogens (tertiary/aromatic N) is 3. The van der Waals surface area contributed by atoms with E-state index in [1.54, 1.807) is 13.3 Å². The van der Waals surface area contributed by atoms with Gasteiger partial charge >= 0.3 is 0 Å². The number of aromatic nitrogens is 2. The summed E-state index contributed by atoms with van der Waals surface area (Å²) in [6, 6.07) is 13.0. The van der Waals surface area contributed by atoms with Crippen LogP contribution in [0.2, 0.25) is 0 Å². The van der Waals surface area contributed by atoms with Crippen LogP contribution in [0.15, 0.2) is 60.8 Å². The minimum Gasteiger partial charge on any atom is -0.497 e. The molecule has 4 atom stereocenters. The summed E-state index contributed by atoms with van der Waals surface area (Å²) in [5.74, 6) is 1.28. The number of allylic oxidation sites excluding steroid dienone is 2. The van der Waals surface area contributed by atoms with Crippen LogP contribution in [0, 0.1) is 23.7 Å². The van der Waals surface area contributed by atoms with Crippen LogP contribution in [0.3, 0.4) is 0 Å². The summed E-state index contributed by atoms with van der Waals surface area (Å²) >= 11 is 0. The zero-order valence-electron chi connectivity index (χ0n) is 16.4. The van der Waals surface area contributed by atoms with Crippen molar-refractivity contribution in [2.24, 2.45) is 23.7 Å². The van der Waals surface area contributed by atoms with Gasteiger partial charge < -0.3 is 4.74 Å².